The molecule has 3 rings (SSSR count). The minimum absolute atomic E-state index is 0.453. The summed E-state index contributed by atoms with van der Waals surface area (Å²) < 4.78 is 0. The number of hydrogen-bond acceptors (Lipinski definition) is 1. The van der Waals surface area contributed by atoms with E-state index in [1.807, 2.05) is 0 Å². The summed E-state index contributed by atoms with van der Waals surface area (Å²) in [5.74, 6) is 0.991. The fourth-order valence-electron chi connectivity index (χ4n) is 4.97. The Kier molecular flexibility index (Phi) is 1.77. The summed E-state index contributed by atoms with van der Waals surface area (Å²) in [7, 11) is 2.42. The van der Waals surface area contributed by atoms with Crippen LogP contribution in [-0.4, -0.2) is 23.0 Å². The molecule has 1 saturated heterocycles. The van der Waals surface area contributed by atoms with Crippen LogP contribution in [0.4, 0.5) is 0 Å². The zero-order chi connectivity index (χ0) is 10.9. The number of hydrogen-bond donors (Lipinski definition) is 0. The third kappa shape index (κ3) is 1.03. The predicted molar refractivity (Wildman–Crippen MR) is 63.9 cm³/mol. The molecule has 2 atom stereocenters. The second-order valence-corrected chi connectivity index (χ2v) is 7.25. The summed E-state index contributed by atoms with van der Waals surface area (Å²) in [5, 5.41) is 0. The molecule has 3 fully saturated rings. The van der Waals surface area contributed by atoms with Crippen LogP contribution in [0, 0.1) is 11.3 Å². The monoisotopic (exact) mass is 207 g/mol. The Hall–Kier alpha value is -0.0400. The summed E-state index contributed by atoms with van der Waals surface area (Å²) in [6.07, 6.45) is 8.83. The smallest absolute Gasteiger partial charge is 0.0289 e. The van der Waals surface area contributed by atoms with Gasteiger partial charge in [0.1, 0.15) is 0 Å². The maximum absolute atomic E-state index is 2.82. The van der Waals surface area contributed by atoms with E-state index < -0.39 is 0 Å². The summed E-state index contributed by atoms with van der Waals surface area (Å²) in [5.41, 5.74) is 1.64. The lowest BCUT2D eigenvalue weighted by Gasteiger charge is -2.49. The van der Waals surface area contributed by atoms with E-state index in [-0.39, 0.29) is 0 Å². The molecule has 0 bridgehead atoms. The standard InChI is InChI=1S/C14H25N/c1-12(2,3)14-7-5-6-11(14)10-13(8-9-13)15(14)4/h11H,5-10H2,1-4H3. The Bertz CT molecular complexity index is 284. The first-order valence-corrected chi connectivity index (χ1v) is 6.66. The Balaban J connectivity index is 2.03. The molecule has 0 aromatic rings. The molecule has 2 aliphatic carbocycles. The van der Waals surface area contributed by atoms with Gasteiger partial charge in [-0.25, -0.2) is 0 Å². The number of nitrogens with zero attached hydrogens (tertiary/aromatic N) is 1. The molecule has 0 aromatic heterocycles. The predicted octanol–water partition coefficient (Wildman–Crippen LogP) is 3.44. The normalized spacial score (nSPS) is 43.6. The van der Waals surface area contributed by atoms with Crippen LogP contribution in [0.1, 0.15) is 59.3 Å². The summed E-state index contributed by atoms with van der Waals surface area (Å²) in [6.45, 7) is 7.38. The molecular formula is C14H25N. The lowest BCUT2D eigenvalue weighted by molar-refractivity contribution is 0.00585. The van der Waals surface area contributed by atoms with Crippen molar-refractivity contribution < 1.29 is 0 Å². The van der Waals surface area contributed by atoms with Gasteiger partial charge in [-0.3, -0.25) is 4.90 Å². The number of fused-ring (bicyclic) bond motifs is 1. The largest absolute Gasteiger partial charge is 0.294 e. The molecule has 1 spiro atoms. The molecule has 1 aliphatic heterocycles. The highest BCUT2D eigenvalue weighted by molar-refractivity contribution is 5.22. The molecule has 0 aromatic carbocycles. The molecule has 0 radical (unpaired) electrons. The van der Waals surface area contributed by atoms with Crippen LogP contribution in [0.5, 0.6) is 0 Å². The second kappa shape index (κ2) is 2.61. The highest BCUT2D eigenvalue weighted by atomic mass is 15.3. The highest BCUT2D eigenvalue weighted by Gasteiger charge is 2.67. The Morgan fingerprint density at radius 3 is 2.27 bits per heavy atom. The molecule has 3 aliphatic rings. The van der Waals surface area contributed by atoms with Gasteiger partial charge in [-0.1, -0.05) is 27.2 Å². The molecule has 15 heavy (non-hydrogen) atoms. The minimum Gasteiger partial charge on any atom is -0.294 e. The fraction of sp³-hybridized carbons (Fsp3) is 1.00. The molecule has 0 amide bonds. The molecule has 1 heteroatoms. The van der Waals surface area contributed by atoms with E-state index in [2.05, 4.69) is 32.7 Å². The quantitative estimate of drug-likeness (QED) is 0.588. The third-order valence-electron chi connectivity index (χ3n) is 5.85. The van der Waals surface area contributed by atoms with E-state index in [4.69, 9.17) is 0 Å². The van der Waals surface area contributed by atoms with Crippen molar-refractivity contribution in [3.05, 3.63) is 0 Å². The van der Waals surface area contributed by atoms with Gasteiger partial charge >= 0.3 is 0 Å². The van der Waals surface area contributed by atoms with E-state index in [1.54, 1.807) is 0 Å². The van der Waals surface area contributed by atoms with Crippen LogP contribution in [0.25, 0.3) is 0 Å². The van der Waals surface area contributed by atoms with E-state index in [0.29, 0.717) is 16.5 Å². The van der Waals surface area contributed by atoms with Crippen LogP contribution in [-0.2, 0) is 0 Å². The van der Waals surface area contributed by atoms with Gasteiger partial charge in [-0.2, -0.15) is 0 Å². The van der Waals surface area contributed by atoms with Crippen molar-refractivity contribution in [1.82, 2.24) is 4.90 Å². The SMILES string of the molecule is CN1C2(CC2)CC2CCCC21C(C)(C)C. The first-order chi connectivity index (χ1) is 6.92. The topological polar surface area (TPSA) is 3.24 Å². The van der Waals surface area contributed by atoms with Crippen LogP contribution in [0.3, 0.4) is 0 Å². The maximum Gasteiger partial charge on any atom is 0.0289 e. The molecule has 0 N–H and O–H groups in total. The average molecular weight is 207 g/mol. The molecular weight excluding hydrogens is 182 g/mol. The van der Waals surface area contributed by atoms with E-state index in [1.165, 1.54) is 38.5 Å². The van der Waals surface area contributed by atoms with E-state index >= 15 is 0 Å². The van der Waals surface area contributed by atoms with Crippen molar-refractivity contribution in [3.8, 4) is 0 Å². The Labute approximate surface area is 94.2 Å². The zero-order valence-electron chi connectivity index (χ0n) is 10.8. The number of rotatable bonds is 0. The lowest BCUT2D eigenvalue weighted by Crippen LogP contribution is -2.55. The van der Waals surface area contributed by atoms with Crippen LogP contribution >= 0.6 is 0 Å². The Morgan fingerprint density at radius 2 is 1.80 bits per heavy atom. The minimum atomic E-state index is 0.453. The van der Waals surface area contributed by atoms with Crippen LogP contribution in [0.2, 0.25) is 0 Å². The van der Waals surface area contributed by atoms with Gasteiger partial charge in [0.05, 0.1) is 0 Å². The van der Waals surface area contributed by atoms with Crippen molar-refractivity contribution in [2.75, 3.05) is 7.05 Å². The third-order valence-corrected chi connectivity index (χ3v) is 5.85. The summed E-state index contributed by atoms with van der Waals surface area (Å²) >= 11 is 0. The van der Waals surface area contributed by atoms with Gasteiger partial charge in [0.2, 0.25) is 0 Å². The van der Waals surface area contributed by atoms with Crippen molar-refractivity contribution in [3.63, 3.8) is 0 Å². The van der Waals surface area contributed by atoms with Crippen molar-refractivity contribution in [1.29, 1.82) is 0 Å². The number of likely N-dealkylation sites (tertiary alicyclic amines) is 1. The van der Waals surface area contributed by atoms with Crippen molar-refractivity contribution >= 4 is 0 Å². The summed E-state index contributed by atoms with van der Waals surface area (Å²) in [6, 6.07) is 0. The molecule has 2 saturated carbocycles. The maximum atomic E-state index is 2.82. The van der Waals surface area contributed by atoms with Crippen LogP contribution in [0.15, 0.2) is 0 Å². The van der Waals surface area contributed by atoms with Crippen molar-refractivity contribution in [2.24, 2.45) is 11.3 Å². The van der Waals surface area contributed by atoms with E-state index in [0.717, 1.165) is 5.92 Å². The Morgan fingerprint density at radius 1 is 1.13 bits per heavy atom. The van der Waals surface area contributed by atoms with Crippen LogP contribution < -0.4 is 0 Å². The average Bonchev–Trinajstić information content (AvgIpc) is 2.68. The molecule has 86 valence electrons. The summed E-state index contributed by atoms with van der Waals surface area (Å²) in [4.78, 5) is 2.82. The zero-order valence-corrected chi connectivity index (χ0v) is 10.8. The molecule has 2 unspecified atom stereocenters. The molecule has 1 heterocycles. The fourth-order valence-corrected chi connectivity index (χ4v) is 4.97. The van der Waals surface area contributed by atoms with Gasteiger partial charge in [-0.15, -0.1) is 0 Å². The van der Waals surface area contributed by atoms with Gasteiger partial charge in [0.25, 0.3) is 0 Å². The van der Waals surface area contributed by atoms with Crippen molar-refractivity contribution in [2.45, 2.75) is 70.4 Å². The lowest BCUT2D eigenvalue weighted by atomic mass is 9.68. The highest BCUT2D eigenvalue weighted by Crippen LogP contribution is 2.66. The van der Waals surface area contributed by atoms with E-state index in [9.17, 15) is 0 Å². The van der Waals surface area contributed by atoms with Gasteiger partial charge in [-0.05, 0) is 50.5 Å². The first-order valence-electron chi connectivity index (χ1n) is 6.66. The molecule has 1 nitrogen and oxygen atoms in total. The van der Waals surface area contributed by atoms with Gasteiger partial charge in [0.15, 0.2) is 0 Å². The first kappa shape index (κ1) is 10.1. The van der Waals surface area contributed by atoms with Gasteiger partial charge < -0.3 is 0 Å². The second-order valence-electron chi connectivity index (χ2n) is 7.25. The van der Waals surface area contributed by atoms with Gasteiger partial charge in [0, 0.05) is 11.1 Å².